The summed E-state index contributed by atoms with van der Waals surface area (Å²) in [5, 5.41) is 0.750. The van der Waals surface area contributed by atoms with Gasteiger partial charge in [0.05, 0.1) is 5.52 Å². The molecule has 1 saturated heterocycles. The molecule has 1 N–H and O–H groups in total. The largest absolute Gasteiger partial charge is 0.348 e. The van der Waals surface area contributed by atoms with E-state index < -0.39 is 0 Å². The summed E-state index contributed by atoms with van der Waals surface area (Å²) >= 11 is 0. The van der Waals surface area contributed by atoms with Crippen molar-refractivity contribution in [2.75, 3.05) is 33.2 Å². The van der Waals surface area contributed by atoms with Crippen molar-refractivity contribution in [2.45, 2.75) is 6.92 Å². The maximum Gasteiger partial charge on any atom is 0.270 e. The Balaban J connectivity index is 1.90. The fourth-order valence-electron chi connectivity index (χ4n) is 2.64. The third kappa shape index (κ3) is 2.29. The van der Waals surface area contributed by atoms with E-state index in [0.717, 1.165) is 24.0 Å². The number of aryl methyl sites for hydroxylation is 1. The number of piperazine rings is 1. The van der Waals surface area contributed by atoms with Gasteiger partial charge in [0, 0.05) is 31.6 Å². The van der Waals surface area contributed by atoms with Gasteiger partial charge in [0.25, 0.3) is 5.91 Å². The number of benzene rings is 1. The molecule has 2 heterocycles. The van der Waals surface area contributed by atoms with Crippen LogP contribution in [0.5, 0.6) is 0 Å². The van der Waals surface area contributed by atoms with E-state index in [2.05, 4.69) is 9.88 Å². The zero-order chi connectivity index (χ0) is 14.3. The van der Waals surface area contributed by atoms with Crippen molar-refractivity contribution in [2.24, 2.45) is 0 Å². The van der Waals surface area contributed by atoms with Crippen LogP contribution in [-0.4, -0.2) is 53.9 Å². The van der Waals surface area contributed by atoms with Crippen LogP contribution in [0, 0.1) is 12.7 Å². The molecule has 1 aliphatic rings. The van der Waals surface area contributed by atoms with E-state index >= 15 is 0 Å². The number of hydrogen-bond acceptors (Lipinski definition) is 2. The number of carbonyl (C=O) groups is 1. The molecule has 5 heteroatoms. The van der Waals surface area contributed by atoms with Crippen molar-refractivity contribution < 1.29 is 9.18 Å². The molecule has 3 rings (SSSR count). The van der Waals surface area contributed by atoms with Crippen molar-refractivity contribution in [3.05, 3.63) is 35.3 Å². The minimum atomic E-state index is -0.308. The lowest BCUT2D eigenvalue weighted by Crippen LogP contribution is -2.47. The highest BCUT2D eigenvalue weighted by Gasteiger charge is 2.22. The fourth-order valence-corrected chi connectivity index (χ4v) is 2.64. The van der Waals surface area contributed by atoms with Crippen LogP contribution in [0.15, 0.2) is 18.2 Å². The summed E-state index contributed by atoms with van der Waals surface area (Å²) in [4.78, 5) is 19.4. The Bertz CT molecular complexity index is 656. The molecule has 0 saturated carbocycles. The van der Waals surface area contributed by atoms with Crippen molar-refractivity contribution in [3.8, 4) is 0 Å². The minimum Gasteiger partial charge on any atom is -0.348 e. The van der Waals surface area contributed by atoms with Crippen LogP contribution in [0.25, 0.3) is 10.9 Å². The van der Waals surface area contributed by atoms with Crippen LogP contribution in [0.1, 0.15) is 16.1 Å². The van der Waals surface area contributed by atoms with E-state index in [1.807, 2.05) is 24.9 Å². The molecule has 1 aromatic heterocycles. The third-order valence-corrected chi connectivity index (χ3v) is 3.85. The molecule has 0 spiro atoms. The minimum absolute atomic E-state index is 0.0497. The molecule has 0 radical (unpaired) electrons. The second-order valence-electron chi connectivity index (χ2n) is 5.49. The third-order valence-electron chi connectivity index (χ3n) is 3.85. The lowest BCUT2D eigenvalue weighted by Gasteiger charge is -2.32. The topological polar surface area (TPSA) is 39.3 Å². The molecule has 0 bridgehead atoms. The summed E-state index contributed by atoms with van der Waals surface area (Å²) < 4.78 is 13.9. The molecule has 4 nitrogen and oxygen atoms in total. The average molecular weight is 275 g/mol. The maximum absolute atomic E-state index is 13.9. The first-order valence-electron chi connectivity index (χ1n) is 6.81. The number of amides is 1. The van der Waals surface area contributed by atoms with Gasteiger partial charge in [-0.1, -0.05) is 0 Å². The smallest absolute Gasteiger partial charge is 0.270 e. The molecule has 1 amide bonds. The monoisotopic (exact) mass is 275 g/mol. The predicted octanol–water partition coefficient (Wildman–Crippen LogP) is 2.00. The van der Waals surface area contributed by atoms with E-state index in [1.165, 1.54) is 6.07 Å². The summed E-state index contributed by atoms with van der Waals surface area (Å²) in [6.45, 7) is 5.02. The lowest BCUT2D eigenvalue weighted by atomic mass is 10.1. The highest BCUT2D eigenvalue weighted by molar-refractivity contribution is 5.98. The summed E-state index contributed by atoms with van der Waals surface area (Å²) in [5.74, 6) is -0.358. The molecule has 2 aromatic rings. The number of hydrogen-bond donors (Lipinski definition) is 1. The van der Waals surface area contributed by atoms with Gasteiger partial charge in [-0.25, -0.2) is 4.39 Å². The van der Waals surface area contributed by atoms with Crippen LogP contribution in [0.2, 0.25) is 0 Å². The summed E-state index contributed by atoms with van der Waals surface area (Å²) in [6.07, 6.45) is 0. The average Bonchev–Trinajstić information content (AvgIpc) is 2.83. The molecule has 0 aliphatic carbocycles. The van der Waals surface area contributed by atoms with E-state index in [4.69, 9.17) is 0 Å². The van der Waals surface area contributed by atoms with E-state index in [9.17, 15) is 9.18 Å². The Kier molecular flexibility index (Phi) is 3.22. The number of H-pyrrole nitrogens is 1. The maximum atomic E-state index is 13.9. The first kappa shape index (κ1) is 13.1. The number of nitrogens with zero attached hydrogens (tertiary/aromatic N) is 2. The zero-order valence-corrected chi connectivity index (χ0v) is 11.7. The summed E-state index contributed by atoms with van der Waals surface area (Å²) in [6, 6.07) is 5.10. The summed E-state index contributed by atoms with van der Waals surface area (Å²) in [5.41, 5.74) is 1.73. The van der Waals surface area contributed by atoms with Crippen LogP contribution < -0.4 is 0 Å². The standard InChI is InChI=1S/C15H18FN3O/c1-10-7-11-9-13(17-14(11)12(16)8-10)15(20)19-5-3-18(2)4-6-19/h7-9,17H,3-6H2,1-2H3. The van der Waals surface area contributed by atoms with Crippen molar-refractivity contribution in [1.82, 2.24) is 14.8 Å². The van der Waals surface area contributed by atoms with Crippen molar-refractivity contribution in [3.63, 3.8) is 0 Å². The molecule has 0 atom stereocenters. The van der Waals surface area contributed by atoms with Crippen molar-refractivity contribution in [1.29, 1.82) is 0 Å². The predicted molar refractivity (Wildman–Crippen MR) is 76.4 cm³/mol. The number of aromatic nitrogens is 1. The number of fused-ring (bicyclic) bond motifs is 1. The molecule has 20 heavy (non-hydrogen) atoms. The van der Waals surface area contributed by atoms with Gasteiger partial charge in [-0.15, -0.1) is 0 Å². The van der Waals surface area contributed by atoms with E-state index in [1.54, 1.807) is 6.07 Å². The number of carbonyl (C=O) groups excluding carboxylic acids is 1. The van der Waals surface area contributed by atoms with Gasteiger partial charge in [-0.2, -0.15) is 0 Å². The highest BCUT2D eigenvalue weighted by atomic mass is 19.1. The first-order chi connectivity index (χ1) is 9.54. The van der Waals surface area contributed by atoms with Crippen LogP contribution in [-0.2, 0) is 0 Å². The van der Waals surface area contributed by atoms with Crippen LogP contribution in [0.4, 0.5) is 4.39 Å². The fraction of sp³-hybridized carbons (Fsp3) is 0.400. The van der Waals surface area contributed by atoms with Gasteiger partial charge in [-0.05, 0) is 37.7 Å². The molecule has 106 valence electrons. The van der Waals surface area contributed by atoms with Gasteiger partial charge >= 0.3 is 0 Å². The molecule has 0 unspecified atom stereocenters. The Labute approximate surface area is 117 Å². The number of rotatable bonds is 1. The second-order valence-corrected chi connectivity index (χ2v) is 5.49. The molecule has 1 aromatic carbocycles. The van der Waals surface area contributed by atoms with Crippen LogP contribution in [0.3, 0.4) is 0 Å². The normalized spacial score (nSPS) is 16.9. The quantitative estimate of drug-likeness (QED) is 0.864. The Morgan fingerprint density at radius 1 is 1.20 bits per heavy atom. The molecular weight excluding hydrogens is 257 g/mol. The van der Waals surface area contributed by atoms with Crippen molar-refractivity contribution >= 4 is 16.8 Å². The van der Waals surface area contributed by atoms with Crippen LogP contribution >= 0.6 is 0 Å². The first-order valence-corrected chi connectivity index (χ1v) is 6.81. The number of nitrogens with one attached hydrogen (secondary N) is 1. The number of aromatic amines is 1. The van der Waals surface area contributed by atoms with Gasteiger partial charge in [-0.3, -0.25) is 4.79 Å². The Morgan fingerprint density at radius 2 is 1.90 bits per heavy atom. The molecular formula is C15H18FN3O. The van der Waals surface area contributed by atoms with E-state index in [0.29, 0.717) is 24.3 Å². The number of likely N-dealkylation sites (N-methyl/N-ethyl adjacent to an activating group) is 1. The highest BCUT2D eigenvalue weighted by Crippen LogP contribution is 2.21. The molecule has 1 fully saturated rings. The summed E-state index contributed by atoms with van der Waals surface area (Å²) in [7, 11) is 2.04. The van der Waals surface area contributed by atoms with E-state index in [-0.39, 0.29) is 11.7 Å². The van der Waals surface area contributed by atoms with Gasteiger partial charge in [0.1, 0.15) is 11.5 Å². The van der Waals surface area contributed by atoms with Gasteiger partial charge in [0.15, 0.2) is 0 Å². The van der Waals surface area contributed by atoms with Gasteiger partial charge in [0.2, 0.25) is 0 Å². The lowest BCUT2D eigenvalue weighted by molar-refractivity contribution is 0.0659. The number of halogens is 1. The Hall–Kier alpha value is -1.88. The van der Waals surface area contributed by atoms with Gasteiger partial charge < -0.3 is 14.8 Å². The second kappa shape index (κ2) is 4.90. The SMILES string of the molecule is Cc1cc(F)c2[nH]c(C(=O)N3CCN(C)CC3)cc2c1. The zero-order valence-electron chi connectivity index (χ0n) is 11.7. The molecule has 1 aliphatic heterocycles. The Morgan fingerprint density at radius 3 is 2.60 bits per heavy atom.